The van der Waals surface area contributed by atoms with Crippen LogP contribution in [0.1, 0.15) is 27.8 Å². The molecule has 0 saturated carbocycles. The number of para-hydroxylation sites is 1. The average molecular weight is 444 g/mol. The van der Waals surface area contributed by atoms with Crippen LogP contribution in [-0.4, -0.2) is 58.8 Å². The fourth-order valence-corrected chi connectivity index (χ4v) is 4.01. The first-order valence-corrected chi connectivity index (χ1v) is 10.7. The number of hydrogen-bond donors (Lipinski definition) is 0. The Bertz CT molecular complexity index is 1220. The van der Waals surface area contributed by atoms with E-state index in [1.807, 2.05) is 59.5 Å². The van der Waals surface area contributed by atoms with Crippen LogP contribution >= 0.6 is 0 Å². The molecule has 1 atom stereocenters. The molecule has 1 fully saturated rings. The van der Waals surface area contributed by atoms with Gasteiger partial charge in [0.15, 0.2) is 5.69 Å². The number of benzene rings is 2. The highest BCUT2D eigenvalue weighted by molar-refractivity contribution is 5.92. The van der Waals surface area contributed by atoms with Gasteiger partial charge in [-0.1, -0.05) is 30.3 Å². The summed E-state index contributed by atoms with van der Waals surface area (Å²) in [6, 6.07) is 20.2. The van der Waals surface area contributed by atoms with Crippen molar-refractivity contribution in [3.63, 3.8) is 0 Å². The number of ether oxygens (including phenoxy) is 1. The van der Waals surface area contributed by atoms with Gasteiger partial charge in [0.05, 0.1) is 18.9 Å². The topological polar surface area (TPSA) is 91.5 Å². The maximum absolute atomic E-state index is 13.2. The number of nitriles is 1. The Kier molecular flexibility index (Phi) is 6.52. The second kappa shape index (κ2) is 9.67. The van der Waals surface area contributed by atoms with E-state index >= 15 is 0 Å². The molecule has 1 saturated heterocycles. The van der Waals surface area contributed by atoms with Crippen LogP contribution in [-0.2, 0) is 0 Å². The van der Waals surface area contributed by atoms with E-state index < -0.39 is 6.04 Å². The molecule has 0 radical (unpaired) electrons. The van der Waals surface area contributed by atoms with Gasteiger partial charge in [0.1, 0.15) is 11.8 Å². The molecule has 8 heteroatoms. The molecule has 8 nitrogen and oxygen atoms in total. The quantitative estimate of drug-likeness (QED) is 0.602. The Morgan fingerprint density at radius 1 is 1.06 bits per heavy atom. The SMILES string of the molecule is COc1ccc(C(C#N)N2CCN(C(=O)c3nn(-c4ccccc4)c(C)cc3=O)CC2)cc1. The van der Waals surface area contributed by atoms with E-state index in [2.05, 4.69) is 11.2 Å². The number of piperazine rings is 1. The van der Waals surface area contributed by atoms with Crippen molar-refractivity contribution < 1.29 is 9.53 Å². The second-order valence-corrected chi connectivity index (χ2v) is 7.88. The molecule has 0 spiro atoms. The molecule has 1 aliphatic rings. The lowest BCUT2D eigenvalue weighted by Crippen LogP contribution is -2.50. The predicted octanol–water partition coefficient (Wildman–Crippen LogP) is 2.57. The second-order valence-electron chi connectivity index (χ2n) is 7.88. The summed E-state index contributed by atoms with van der Waals surface area (Å²) < 4.78 is 6.80. The van der Waals surface area contributed by atoms with Gasteiger partial charge >= 0.3 is 0 Å². The maximum Gasteiger partial charge on any atom is 0.278 e. The minimum Gasteiger partial charge on any atom is -0.497 e. The predicted molar refractivity (Wildman–Crippen MR) is 123 cm³/mol. The van der Waals surface area contributed by atoms with Crippen LogP contribution in [0.15, 0.2) is 65.5 Å². The van der Waals surface area contributed by atoms with Crippen molar-refractivity contribution in [3.05, 3.63) is 87.8 Å². The van der Waals surface area contributed by atoms with Crippen molar-refractivity contribution in [1.82, 2.24) is 19.6 Å². The molecule has 4 rings (SSSR count). The first kappa shape index (κ1) is 22.2. The highest BCUT2D eigenvalue weighted by atomic mass is 16.5. The molecule has 33 heavy (non-hydrogen) atoms. The number of carbonyl (C=O) groups is 1. The summed E-state index contributed by atoms with van der Waals surface area (Å²) >= 11 is 0. The van der Waals surface area contributed by atoms with E-state index in [4.69, 9.17) is 4.74 Å². The highest BCUT2D eigenvalue weighted by Crippen LogP contribution is 2.24. The van der Waals surface area contributed by atoms with Gasteiger partial charge in [-0.25, -0.2) is 4.68 Å². The van der Waals surface area contributed by atoms with E-state index in [-0.39, 0.29) is 17.0 Å². The fraction of sp³-hybridized carbons (Fsp3) is 0.280. The minimum atomic E-state index is -0.416. The molecule has 1 amide bonds. The van der Waals surface area contributed by atoms with Gasteiger partial charge in [-0.2, -0.15) is 10.4 Å². The maximum atomic E-state index is 13.2. The van der Waals surface area contributed by atoms with Crippen molar-refractivity contribution >= 4 is 5.91 Å². The van der Waals surface area contributed by atoms with Gasteiger partial charge in [-0.05, 0) is 36.8 Å². The number of amides is 1. The molecule has 2 aromatic carbocycles. The molecule has 1 unspecified atom stereocenters. The third-order valence-electron chi connectivity index (χ3n) is 5.83. The smallest absolute Gasteiger partial charge is 0.278 e. The monoisotopic (exact) mass is 443 g/mol. The van der Waals surface area contributed by atoms with Gasteiger partial charge in [-0.15, -0.1) is 0 Å². The fourth-order valence-electron chi connectivity index (χ4n) is 4.01. The molecule has 1 aliphatic heterocycles. The Labute approximate surface area is 192 Å². The van der Waals surface area contributed by atoms with Crippen molar-refractivity contribution in [2.75, 3.05) is 33.3 Å². The summed E-state index contributed by atoms with van der Waals surface area (Å²) in [6.07, 6.45) is 0. The molecule has 0 N–H and O–H groups in total. The Balaban J connectivity index is 1.49. The minimum absolute atomic E-state index is 0.0927. The lowest BCUT2D eigenvalue weighted by molar-refractivity contribution is 0.0597. The van der Waals surface area contributed by atoms with Crippen LogP contribution in [0.2, 0.25) is 0 Å². The summed E-state index contributed by atoms with van der Waals surface area (Å²) in [4.78, 5) is 29.4. The summed E-state index contributed by atoms with van der Waals surface area (Å²) in [5, 5.41) is 14.1. The summed E-state index contributed by atoms with van der Waals surface area (Å²) in [6.45, 7) is 3.65. The number of carbonyl (C=O) groups excluding carboxylic acids is 1. The third-order valence-corrected chi connectivity index (χ3v) is 5.83. The van der Waals surface area contributed by atoms with E-state index in [0.717, 1.165) is 17.0 Å². The number of aryl methyl sites for hydroxylation is 1. The van der Waals surface area contributed by atoms with Crippen molar-refractivity contribution in [1.29, 1.82) is 5.26 Å². The Morgan fingerprint density at radius 3 is 2.33 bits per heavy atom. The number of aromatic nitrogens is 2. The van der Waals surface area contributed by atoms with E-state index in [0.29, 0.717) is 31.9 Å². The first-order chi connectivity index (χ1) is 16.0. The van der Waals surface area contributed by atoms with Gasteiger partial charge in [0.2, 0.25) is 5.43 Å². The number of nitrogens with zero attached hydrogens (tertiary/aromatic N) is 5. The zero-order valence-electron chi connectivity index (χ0n) is 18.6. The lowest BCUT2D eigenvalue weighted by Gasteiger charge is -2.36. The molecule has 168 valence electrons. The Hall–Kier alpha value is -3.96. The molecule has 3 aromatic rings. The summed E-state index contributed by atoms with van der Waals surface area (Å²) in [7, 11) is 1.60. The first-order valence-electron chi connectivity index (χ1n) is 10.7. The third kappa shape index (κ3) is 4.64. The number of rotatable bonds is 5. The van der Waals surface area contributed by atoms with E-state index in [1.54, 1.807) is 23.6 Å². The average Bonchev–Trinajstić information content (AvgIpc) is 2.85. The lowest BCUT2D eigenvalue weighted by atomic mass is 10.1. The van der Waals surface area contributed by atoms with Crippen LogP contribution in [0.25, 0.3) is 5.69 Å². The highest BCUT2D eigenvalue weighted by Gasteiger charge is 2.29. The van der Waals surface area contributed by atoms with Crippen LogP contribution in [0.4, 0.5) is 0 Å². The molecule has 1 aromatic heterocycles. The van der Waals surface area contributed by atoms with Crippen molar-refractivity contribution in [2.24, 2.45) is 0 Å². The molecule has 0 aliphatic carbocycles. The van der Waals surface area contributed by atoms with Gasteiger partial charge in [-0.3, -0.25) is 14.5 Å². The number of hydrogen-bond acceptors (Lipinski definition) is 6. The molecular weight excluding hydrogens is 418 g/mol. The summed E-state index contributed by atoms with van der Waals surface area (Å²) in [5.41, 5.74) is 1.84. The van der Waals surface area contributed by atoms with E-state index in [1.165, 1.54) is 6.07 Å². The van der Waals surface area contributed by atoms with Crippen molar-refractivity contribution in [2.45, 2.75) is 13.0 Å². The largest absolute Gasteiger partial charge is 0.497 e. The molecule has 0 bridgehead atoms. The zero-order chi connectivity index (χ0) is 23.4. The standard InChI is InChI=1S/C25H25N5O3/c1-18-16-23(31)24(27-30(18)20-6-4-3-5-7-20)25(32)29-14-12-28(13-15-29)22(17-26)19-8-10-21(33-2)11-9-19/h3-11,16,22H,12-15H2,1-2H3. The van der Waals surface area contributed by atoms with Crippen LogP contribution in [0, 0.1) is 18.3 Å². The summed E-state index contributed by atoms with van der Waals surface area (Å²) in [5.74, 6) is 0.347. The van der Waals surface area contributed by atoms with Gasteiger partial charge in [0, 0.05) is 37.9 Å². The normalized spacial score (nSPS) is 15.0. The van der Waals surface area contributed by atoms with E-state index in [9.17, 15) is 14.9 Å². The van der Waals surface area contributed by atoms with Gasteiger partial charge < -0.3 is 9.64 Å². The zero-order valence-corrected chi connectivity index (χ0v) is 18.6. The van der Waals surface area contributed by atoms with Gasteiger partial charge in [0.25, 0.3) is 5.91 Å². The number of methoxy groups -OCH3 is 1. The van der Waals surface area contributed by atoms with Crippen LogP contribution in [0.5, 0.6) is 5.75 Å². The Morgan fingerprint density at radius 2 is 1.73 bits per heavy atom. The van der Waals surface area contributed by atoms with Crippen molar-refractivity contribution in [3.8, 4) is 17.5 Å². The van der Waals surface area contributed by atoms with Crippen LogP contribution in [0.3, 0.4) is 0 Å². The molecule has 2 heterocycles. The molecular formula is C25H25N5O3. The van der Waals surface area contributed by atoms with Crippen LogP contribution < -0.4 is 10.2 Å².